The zero-order valence-corrected chi connectivity index (χ0v) is 25.6. The van der Waals surface area contributed by atoms with Gasteiger partial charge >= 0.3 is 0 Å². The maximum atomic E-state index is 13.7. The number of carbonyl (C=O) groups is 4. The molecule has 2 amide bonds. The fourth-order valence-electron chi connectivity index (χ4n) is 6.89. The van der Waals surface area contributed by atoms with E-state index in [4.69, 9.17) is 0 Å². The van der Waals surface area contributed by atoms with Crippen molar-refractivity contribution < 1.29 is 19.2 Å². The second-order valence-corrected chi connectivity index (χ2v) is 12.2. The van der Waals surface area contributed by atoms with Crippen LogP contribution in [0.5, 0.6) is 0 Å². The van der Waals surface area contributed by atoms with Gasteiger partial charge in [0.05, 0.1) is 27.7 Å². The van der Waals surface area contributed by atoms with Crippen molar-refractivity contribution in [1.82, 2.24) is 9.97 Å². The van der Waals surface area contributed by atoms with Crippen LogP contribution < -0.4 is 10.5 Å². The van der Waals surface area contributed by atoms with Gasteiger partial charge in [-0.2, -0.15) is 0 Å². The first-order valence-corrected chi connectivity index (χ1v) is 15.4. The van der Waals surface area contributed by atoms with Gasteiger partial charge in [0, 0.05) is 11.1 Å². The number of aromatic amines is 1. The van der Waals surface area contributed by atoms with Gasteiger partial charge in [-0.1, -0.05) is 60.7 Å². The van der Waals surface area contributed by atoms with E-state index in [1.54, 1.807) is 18.2 Å². The summed E-state index contributed by atoms with van der Waals surface area (Å²) in [4.78, 5) is 76.3. The van der Waals surface area contributed by atoms with E-state index in [1.165, 1.54) is 12.1 Å². The number of imide groups is 1. The molecule has 0 fully saturated rings. The van der Waals surface area contributed by atoms with Crippen molar-refractivity contribution in [2.75, 3.05) is 4.90 Å². The Hall–Kier alpha value is -6.02. The number of hydrogen-bond acceptors (Lipinski definition) is 6. The molecular weight excluding hydrogens is 590 g/mol. The molecule has 228 valence electrons. The normalized spacial score (nSPS) is 15.6. The third-order valence-electron chi connectivity index (χ3n) is 9.47. The van der Waals surface area contributed by atoms with Gasteiger partial charge in [0.1, 0.15) is 11.7 Å². The highest BCUT2D eigenvalue weighted by atomic mass is 16.2. The molecule has 1 aromatic heterocycles. The Morgan fingerprint density at radius 1 is 0.745 bits per heavy atom. The summed E-state index contributed by atoms with van der Waals surface area (Å²) in [5, 5.41) is 0.350. The molecule has 47 heavy (non-hydrogen) atoms. The van der Waals surface area contributed by atoms with E-state index in [1.807, 2.05) is 56.3 Å². The molecule has 2 heterocycles. The highest BCUT2D eigenvalue weighted by molar-refractivity contribution is 6.37. The van der Waals surface area contributed by atoms with Crippen molar-refractivity contribution in [3.8, 4) is 0 Å². The second kappa shape index (κ2) is 10.5. The van der Waals surface area contributed by atoms with Crippen molar-refractivity contribution in [1.29, 1.82) is 0 Å². The number of benzene rings is 4. The average molecular weight is 618 g/mol. The molecule has 0 bridgehead atoms. The van der Waals surface area contributed by atoms with Crippen LogP contribution in [0.1, 0.15) is 87.4 Å². The van der Waals surface area contributed by atoms with Crippen LogP contribution in [0.3, 0.4) is 0 Å². The van der Waals surface area contributed by atoms with Gasteiger partial charge in [0.25, 0.3) is 17.4 Å². The molecule has 8 nitrogen and oxygen atoms in total. The predicted molar refractivity (Wildman–Crippen MR) is 178 cm³/mol. The average Bonchev–Trinajstić information content (AvgIpc) is 3.75. The third kappa shape index (κ3) is 4.36. The van der Waals surface area contributed by atoms with Gasteiger partial charge in [0.2, 0.25) is 0 Å². The number of amides is 2. The van der Waals surface area contributed by atoms with E-state index in [0.717, 1.165) is 44.7 Å². The zero-order chi connectivity index (χ0) is 32.6. The van der Waals surface area contributed by atoms with Gasteiger partial charge in [-0.05, 0) is 90.4 Å². The van der Waals surface area contributed by atoms with Crippen molar-refractivity contribution in [3.63, 3.8) is 0 Å². The van der Waals surface area contributed by atoms with Crippen molar-refractivity contribution >= 4 is 45.5 Å². The zero-order valence-electron chi connectivity index (χ0n) is 25.6. The minimum Gasteiger partial charge on any atom is -0.309 e. The quantitative estimate of drug-likeness (QED) is 0.179. The lowest BCUT2D eigenvalue weighted by Gasteiger charge is -2.20. The Kier molecular flexibility index (Phi) is 6.37. The molecule has 2 aliphatic carbocycles. The first kappa shape index (κ1) is 28.5. The molecule has 0 atom stereocenters. The summed E-state index contributed by atoms with van der Waals surface area (Å²) in [6, 6.07) is 21.5. The smallest absolute Gasteiger partial charge is 0.266 e. The number of nitrogens with one attached hydrogen (secondary N) is 1. The van der Waals surface area contributed by atoms with E-state index < -0.39 is 34.9 Å². The Balaban J connectivity index is 1.11. The van der Waals surface area contributed by atoms with Gasteiger partial charge < -0.3 is 4.98 Å². The molecular formula is C39H27N3O5. The molecule has 4 aromatic carbocycles. The number of aromatic nitrogens is 2. The van der Waals surface area contributed by atoms with E-state index in [0.29, 0.717) is 23.0 Å². The first-order valence-electron chi connectivity index (χ1n) is 15.4. The van der Waals surface area contributed by atoms with E-state index in [9.17, 15) is 24.0 Å². The summed E-state index contributed by atoms with van der Waals surface area (Å²) in [6.45, 7) is 3.83. The molecule has 0 spiro atoms. The Labute approximate surface area is 269 Å². The van der Waals surface area contributed by atoms with E-state index in [-0.39, 0.29) is 28.1 Å². The summed E-state index contributed by atoms with van der Waals surface area (Å²) in [5.74, 6) is -3.73. The topological polar surface area (TPSA) is 117 Å². The monoisotopic (exact) mass is 617 g/mol. The number of carbonyl (C=O) groups excluding carboxylic acids is 4. The predicted octanol–water partition coefficient (Wildman–Crippen LogP) is 6.44. The summed E-state index contributed by atoms with van der Waals surface area (Å²) in [5.41, 5.74) is 6.43. The number of allylic oxidation sites excluding steroid dienone is 4. The van der Waals surface area contributed by atoms with Crippen LogP contribution in [0.15, 0.2) is 95.8 Å². The maximum absolute atomic E-state index is 13.7. The molecule has 8 heteroatoms. The molecule has 0 radical (unpaired) electrons. The molecule has 0 saturated carbocycles. The number of rotatable bonds is 5. The fraction of sp³-hybridized carbons (Fsp3) is 0.128. The Morgan fingerprint density at radius 2 is 1.45 bits per heavy atom. The van der Waals surface area contributed by atoms with Crippen LogP contribution in [0.25, 0.3) is 16.5 Å². The lowest BCUT2D eigenvalue weighted by atomic mass is 9.96. The van der Waals surface area contributed by atoms with Gasteiger partial charge in [0.15, 0.2) is 11.6 Å². The molecule has 0 unspecified atom stereocenters. The SMILES string of the molecule is Cc1c(C2=CCC=C2)ccc(N2C(=O)c3cc4c(cc3C2=O)C(=O)C(c2nc3ccc(Cc5ccccc5)cc3c(=O)[nH]2)C4=O)c1C. The van der Waals surface area contributed by atoms with E-state index >= 15 is 0 Å². The van der Waals surface area contributed by atoms with Crippen molar-refractivity contribution in [2.24, 2.45) is 0 Å². The number of nitrogens with zero attached hydrogens (tertiary/aromatic N) is 2. The molecule has 8 rings (SSSR count). The Morgan fingerprint density at radius 3 is 2.11 bits per heavy atom. The first-order chi connectivity index (χ1) is 22.7. The van der Waals surface area contributed by atoms with Crippen molar-refractivity contribution in [3.05, 3.63) is 157 Å². The molecule has 1 N–H and O–H groups in total. The van der Waals surface area contributed by atoms with Gasteiger partial charge in [-0.15, -0.1) is 0 Å². The molecule has 3 aliphatic rings. The highest BCUT2D eigenvalue weighted by Gasteiger charge is 2.46. The van der Waals surface area contributed by atoms with Crippen molar-refractivity contribution in [2.45, 2.75) is 32.6 Å². The summed E-state index contributed by atoms with van der Waals surface area (Å²) < 4.78 is 0. The van der Waals surface area contributed by atoms with Crippen LogP contribution in [-0.4, -0.2) is 33.3 Å². The lowest BCUT2D eigenvalue weighted by molar-refractivity contribution is 0.0882. The van der Waals surface area contributed by atoms with Crippen LogP contribution >= 0.6 is 0 Å². The number of H-pyrrole nitrogens is 1. The van der Waals surface area contributed by atoms with Gasteiger partial charge in [-0.3, -0.25) is 24.0 Å². The third-order valence-corrected chi connectivity index (χ3v) is 9.47. The number of hydrogen-bond donors (Lipinski definition) is 1. The van der Waals surface area contributed by atoms with Crippen LogP contribution in [0.2, 0.25) is 0 Å². The second-order valence-electron chi connectivity index (χ2n) is 12.2. The number of ketones is 2. The number of Topliss-reactive ketones (excluding diaryl/α,β-unsaturated/α-hetero) is 2. The maximum Gasteiger partial charge on any atom is 0.266 e. The van der Waals surface area contributed by atoms with Crippen LogP contribution in [0, 0.1) is 13.8 Å². The van der Waals surface area contributed by atoms with Gasteiger partial charge in [-0.25, -0.2) is 9.88 Å². The minimum absolute atomic E-state index is 0.0333. The van der Waals surface area contributed by atoms with Crippen LogP contribution in [-0.2, 0) is 6.42 Å². The number of anilines is 1. The summed E-state index contributed by atoms with van der Waals surface area (Å²) in [6.07, 6.45) is 7.74. The highest BCUT2D eigenvalue weighted by Crippen LogP contribution is 2.40. The Bertz CT molecular complexity index is 2330. The molecule has 1 aliphatic heterocycles. The lowest BCUT2D eigenvalue weighted by Crippen LogP contribution is -2.30. The minimum atomic E-state index is -1.38. The molecule has 5 aromatic rings. The number of fused-ring (bicyclic) bond motifs is 3. The standard InChI is InChI=1S/C39H27N3O5/c1-20-21(2)32(15-13-25(20)24-10-6-7-11-24)42-38(46)28-18-26-27(19-29(28)39(42)47)35(44)33(34(26)43)36-40-31-14-12-23(17-30(31)37(45)41-36)16-22-8-4-3-5-9-22/h3-6,8-15,17-19,33H,7,16H2,1-2H3,(H,40,41,45). The molecule has 0 saturated heterocycles. The summed E-state index contributed by atoms with van der Waals surface area (Å²) in [7, 11) is 0. The van der Waals surface area contributed by atoms with E-state index in [2.05, 4.69) is 28.2 Å². The fourth-order valence-corrected chi connectivity index (χ4v) is 6.89. The van der Waals surface area contributed by atoms with Crippen LogP contribution in [0.4, 0.5) is 5.69 Å². The summed E-state index contributed by atoms with van der Waals surface area (Å²) >= 11 is 0. The largest absolute Gasteiger partial charge is 0.309 e.